The van der Waals surface area contributed by atoms with Gasteiger partial charge < -0.3 is 28.8 Å². The van der Waals surface area contributed by atoms with Gasteiger partial charge in [-0.25, -0.2) is 14.4 Å². The van der Waals surface area contributed by atoms with Gasteiger partial charge in [0.15, 0.2) is 18.3 Å². The number of hydrogen-bond acceptors (Lipinski definition) is 10. The first-order chi connectivity index (χ1) is 20.4. The Hall–Kier alpha value is -2.46. The Kier molecular flexibility index (Phi) is 19.1. The number of ether oxygens (including phenoxy) is 5. The first kappa shape index (κ1) is 38.6. The molecule has 43 heavy (non-hydrogen) atoms. The number of methoxy groups -OCH3 is 1. The van der Waals surface area contributed by atoms with Gasteiger partial charge in [-0.05, 0) is 66.2 Å². The van der Waals surface area contributed by atoms with E-state index >= 15 is 0 Å². The second-order valence-electron chi connectivity index (χ2n) is 11.8. The third-order valence-electron chi connectivity index (χ3n) is 7.78. The van der Waals surface area contributed by atoms with E-state index in [9.17, 15) is 24.3 Å². The van der Waals surface area contributed by atoms with E-state index in [-0.39, 0.29) is 23.9 Å². The van der Waals surface area contributed by atoms with Crippen LogP contribution in [0.3, 0.4) is 0 Å². The molecular formula is C33H56O10. The van der Waals surface area contributed by atoms with Crippen LogP contribution in [0, 0.1) is 11.8 Å². The molecule has 0 aliphatic heterocycles. The lowest BCUT2D eigenvalue weighted by Gasteiger charge is -2.25. The highest BCUT2D eigenvalue weighted by molar-refractivity contribution is 5.83. The van der Waals surface area contributed by atoms with Crippen molar-refractivity contribution in [3.8, 4) is 0 Å². The summed E-state index contributed by atoms with van der Waals surface area (Å²) in [5.41, 5.74) is 0. The topological polar surface area (TPSA) is 135 Å². The third-order valence-corrected chi connectivity index (χ3v) is 7.78. The van der Waals surface area contributed by atoms with Gasteiger partial charge in [0.2, 0.25) is 0 Å². The molecule has 1 saturated carbocycles. The van der Waals surface area contributed by atoms with Gasteiger partial charge in [-0.15, -0.1) is 0 Å². The summed E-state index contributed by atoms with van der Waals surface area (Å²) in [5.74, 6) is -2.62. The largest absolute Gasteiger partial charge is 0.463 e. The van der Waals surface area contributed by atoms with Crippen LogP contribution in [0.2, 0.25) is 0 Å². The smallest absolute Gasteiger partial charge is 0.347 e. The molecule has 0 heterocycles. The SMILES string of the molecule is CCCCCCCC[C@@H]1[C@@H](C/C=C\CCCC(=O)OC(C)C)[C@@H](OC(=O)C(C)OC(=O)C(C)OC(=O)C(C)OC)C[C@H]1O. The summed E-state index contributed by atoms with van der Waals surface area (Å²) in [6.07, 6.45) is 9.91. The molecule has 1 N–H and O–H groups in total. The van der Waals surface area contributed by atoms with Crippen molar-refractivity contribution in [2.75, 3.05) is 7.11 Å². The molecule has 10 nitrogen and oxygen atoms in total. The van der Waals surface area contributed by atoms with Crippen molar-refractivity contribution >= 4 is 23.9 Å². The van der Waals surface area contributed by atoms with Gasteiger partial charge in [0.25, 0.3) is 0 Å². The third kappa shape index (κ3) is 15.2. The van der Waals surface area contributed by atoms with Crippen LogP contribution < -0.4 is 0 Å². The molecule has 1 aliphatic carbocycles. The summed E-state index contributed by atoms with van der Waals surface area (Å²) >= 11 is 0. The van der Waals surface area contributed by atoms with E-state index in [1.165, 1.54) is 53.6 Å². The highest BCUT2D eigenvalue weighted by Crippen LogP contribution is 2.40. The average molecular weight is 613 g/mol. The van der Waals surface area contributed by atoms with Crippen molar-refractivity contribution in [2.45, 2.75) is 155 Å². The van der Waals surface area contributed by atoms with Crippen LogP contribution >= 0.6 is 0 Å². The predicted octanol–water partition coefficient (Wildman–Crippen LogP) is 5.61. The maximum absolute atomic E-state index is 12.9. The summed E-state index contributed by atoms with van der Waals surface area (Å²) in [7, 11) is 1.35. The van der Waals surface area contributed by atoms with Crippen molar-refractivity contribution in [3.05, 3.63) is 12.2 Å². The summed E-state index contributed by atoms with van der Waals surface area (Å²) in [6, 6.07) is 0. The summed E-state index contributed by atoms with van der Waals surface area (Å²) in [5, 5.41) is 11.0. The van der Waals surface area contributed by atoms with E-state index < -0.39 is 48.4 Å². The minimum atomic E-state index is -1.22. The second kappa shape index (κ2) is 21.3. The molecule has 10 heteroatoms. The number of unbranched alkanes of at least 4 members (excludes halogenated alkanes) is 6. The fourth-order valence-corrected chi connectivity index (χ4v) is 5.21. The van der Waals surface area contributed by atoms with E-state index in [1.54, 1.807) is 0 Å². The zero-order valence-corrected chi connectivity index (χ0v) is 27.4. The highest BCUT2D eigenvalue weighted by atomic mass is 16.6. The van der Waals surface area contributed by atoms with E-state index in [4.69, 9.17) is 23.7 Å². The summed E-state index contributed by atoms with van der Waals surface area (Å²) < 4.78 is 26.1. The highest BCUT2D eigenvalue weighted by Gasteiger charge is 2.44. The van der Waals surface area contributed by atoms with Gasteiger partial charge in [0.1, 0.15) is 6.10 Å². The van der Waals surface area contributed by atoms with Crippen LogP contribution in [0.5, 0.6) is 0 Å². The summed E-state index contributed by atoms with van der Waals surface area (Å²) in [4.78, 5) is 49.0. The molecule has 0 bridgehead atoms. The first-order valence-corrected chi connectivity index (χ1v) is 16.1. The maximum atomic E-state index is 12.9. The van der Waals surface area contributed by atoms with Gasteiger partial charge in [-0.2, -0.15) is 0 Å². The van der Waals surface area contributed by atoms with Crippen LogP contribution in [0.25, 0.3) is 0 Å². The van der Waals surface area contributed by atoms with Crippen LogP contribution in [-0.2, 0) is 42.9 Å². The second-order valence-corrected chi connectivity index (χ2v) is 11.8. The van der Waals surface area contributed by atoms with Gasteiger partial charge in [0.05, 0.1) is 12.2 Å². The average Bonchev–Trinajstić information content (AvgIpc) is 3.24. The van der Waals surface area contributed by atoms with Gasteiger partial charge >= 0.3 is 23.9 Å². The minimum absolute atomic E-state index is 0.0188. The van der Waals surface area contributed by atoms with Gasteiger partial charge in [-0.1, -0.05) is 57.6 Å². The predicted molar refractivity (Wildman–Crippen MR) is 162 cm³/mol. The molecule has 0 aromatic rings. The summed E-state index contributed by atoms with van der Waals surface area (Å²) in [6.45, 7) is 10.1. The molecule has 0 amide bonds. The van der Waals surface area contributed by atoms with Crippen molar-refractivity contribution in [2.24, 2.45) is 11.8 Å². The zero-order chi connectivity index (χ0) is 32.4. The Labute approximate surface area is 258 Å². The molecule has 1 fully saturated rings. The molecule has 0 aromatic heterocycles. The van der Waals surface area contributed by atoms with Crippen LogP contribution in [0.4, 0.5) is 0 Å². The maximum Gasteiger partial charge on any atom is 0.347 e. The Balaban J connectivity index is 2.77. The molecule has 0 aromatic carbocycles. The molecule has 0 radical (unpaired) electrons. The Morgan fingerprint density at radius 3 is 2.00 bits per heavy atom. The minimum Gasteiger partial charge on any atom is -0.463 e. The molecular weight excluding hydrogens is 556 g/mol. The van der Waals surface area contributed by atoms with E-state index in [0.29, 0.717) is 32.1 Å². The zero-order valence-electron chi connectivity index (χ0n) is 27.4. The molecule has 1 rings (SSSR count). The van der Waals surface area contributed by atoms with Gasteiger partial charge in [-0.3, -0.25) is 4.79 Å². The standard InChI is InChI=1S/C33H56O10/c1-8-9-10-11-12-15-18-26-27(19-16-13-14-17-20-30(35)40-22(2)3)29(21-28(26)34)43-33(38)25(6)42-32(37)24(5)41-31(36)23(4)39-7/h13,16,22-29,34H,8-12,14-15,17-21H2,1-7H3/b16-13-/t23?,24?,25?,26-,27-,28-,29+/m1/s1. The van der Waals surface area contributed by atoms with Crippen molar-refractivity contribution in [1.82, 2.24) is 0 Å². The molecule has 7 atom stereocenters. The van der Waals surface area contributed by atoms with Crippen LogP contribution in [0.1, 0.15) is 119 Å². The Morgan fingerprint density at radius 2 is 1.37 bits per heavy atom. The van der Waals surface area contributed by atoms with Crippen molar-refractivity contribution in [1.29, 1.82) is 0 Å². The number of rotatable bonds is 21. The first-order valence-electron chi connectivity index (χ1n) is 16.1. The number of carbonyl (C=O) groups is 4. The Morgan fingerprint density at radius 1 is 0.767 bits per heavy atom. The number of hydrogen-bond donors (Lipinski definition) is 1. The number of aliphatic hydroxyl groups is 1. The molecule has 3 unspecified atom stereocenters. The fourth-order valence-electron chi connectivity index (χ4n) is 5.21. The van der Waals surface area contributed by atoms with E-state index in [0.717, 1.165) is 19.3 Å². The monoisotopic (exact) mass is 612 g/mol. The number of esters is 4. The van der Waals surface area contributed by atoms with E-state index in [2.05, 4.69) is 6.92 Å². The fraction of sp³-hybridized carbons (Fsp3) is 0.818. The lowest BCUT2D eigenvalue weighted by Crippen LogP contribution is -2.37. The molecule has 1 aliphatic rings. The lowest BCUT2D eigenvalue weighted by atomic mass is 9.86. The van der Waals surface area contributed by atoms with Crippen LogP contribution in [-0.4, -0.2) is 72.7 Å². The molecule has 248 valence electrons. The Bertz CT molecular complexity index is 870. The normalized spacial score (nSPS) is 22.3. The number of aliphatic hydroxyl groups excluding tert-OH is 1. The van der Waals surface area contributed by atoms with Gasteiger partial charge in [0, 0.05) is 25.9 Å². The number of carbonyl (C=O) groups excluding carboxylic acids is 4. The lowest BCUT2D eigenvalue weighted by molar-refractivity contribution is -0.182. The van der Waals surface area contributed by atoms with Crippen LogP contribution in [0.15, 0.2) is 12.2 Å². The quantitative estimate of drug-likeness (QED) is 0.0754. The molecule has 0 spiro atoms. The molecule has 0 saturated heterocycles. The van der Waals surface area contributed by atoms with E-state index in [1.807, 2.05) is 26.0 Å². The van der Waals surface area contributed by atoms with Crippen molar-refractivity contribution < 1.29 is 48.0 Å². The number of allylic oxidation sites excluding steroid dienone is 2. The van der Waals surface area contributed by atoms with Crippen molar-refractivity contribution in [3.63, 3.8) is 0 Å².